The Morgan fingerprint density at radius 3 is 2.67 bits per heavy atom. The molecule has 0 aliphatic rings. The van der Waals surface area contributed by atoms with E-state index in [1.807, 2.05) is 0 Å². The first kappa shape index (κ1) is 16.9. The number of primary amides is 1. The van der Waals surface area contributed by atoms with Crippen molar-refractivity contribution in [1.82, 2.24) is 5.32 Å². The first-order valence-electron chi connectivity index (χ1n) is 6.60. The van der Waals surface area contributed by atoms with Crippen LogP contribution in [0.3, 0.4) is 0 Å². The number of hydrogen-bond acceptors (Lipinski definition) is 5. The largest absolute Gasteiger partial charge is 0.484 e. The number of nitro groups is 1. The van der Waals surface area contributed by atoms with Crippen LogP contribution in [0.4, 0.5) is 5.69 Å². The van der Waals surface area contributed by atoms with Crippen LogP contribution in [0.5, 0.6) is 5.75 Å². The number of likely N-dealkylation sites (N-methyl/N-ethyl adjacent to an activating group) is 1. The van der Waals surface area contributed by atoms with Gasteiger partial charge in [-0.2, -0.15) is 0 Å². The lowest BCUT2D eigenvalue weighted by molar-refractivity contribution is -0.386. The highest BCUT2D eigenvalue weighted by Gasteiger charge is 2.32. The van der Waals surface area contributed by atoms with Crippen LogP contribution in [0.25, 0.3) is 0 Å². The molecule has 2 atom stereocenters. The Hall–Kier alpha value is -2.15. The molecule has 0 heterocycles. The predicted octanol–water partition coefficient (Wildman–Crippen LogP) is 1.52. The molecule has 7 nitrogen and oxygen atoms in total. The number of amides is 1. The van der Waals surface area contributed by atoms with Gasteiger partial charge in [-0.05, 0) is 33.4 Å². The van der Waals surface area contributed by atoms with E-state index in [9.17, 15) is 14.9 Å². The second kappa shape index (κ2) is 6.53. The van der Waals surface area contributed by atoms with E-state index >= 15 is 0 Å². The van der Waals surface area contributed by atoms with Gasteiger partial charge in [0.15, 0.2) is 5.75 Å². The van der Waals surface area contributed by atoms with Gasteiger partial charge in [-0.1, -0.05) is 12.1 Å². The molecule has 1 aromatic rings. The first-order chi connectivity index (χ1) is 9.71. The lowest BCUT2D eigenvalue weighted by atomic mass is 9.94. The maximum absolute atomic E-state index is 11.5. The van der Waals surface area contributed by atoms with Crippen molar-refractivity contribution in [3.8, 4) is 5.75 Å². The second-order valence-corrected chi connectivity index (χ2v) is 5.26. The zero-order chi connectivity index (χ0) is 16.2. The summed E-state index contributed by atoms with van der Waals surface area (Å²) in [6.45, 7) is 5.15. The molecular formula is C14H21N3O4. The predicted molar refractivity (Wildman–Crippen MR) is 79.2 cm³/mol. The molecule has 1 amide bonds. The van der Waals surface area contributed by atoms with E-state index in [0.717, 1.165) is 0 Å². The molecular weight excluding hydrogens is 274 g/mol. The molecule has 116 valence electrons. The number of hydrogen-bond donors (Lipinski definition) is 2. The van der Waals surface area contributed by atoms with Crippen molar-refractivity contribution in [3.05, 3.63) is 33.9 Å². The lowest BCUT2D eigenvalue weighted by Crippen LogP contribution is -2.53. The lowest BCUT2D eigenvalue weighted by Gasteiger charge is -2.29. The van der Waals surface area contributed by atoms with Gasteiger partial charge in [0.2, 0.25) is 5.91 Å². The minimum Gasteiger partial charge on any atom is -0.484 e. The van der Waals surface area contributed by atoms with E-state index in [-0.39, 0.29) is 11.4 Å². The van der Waals surface area contributed by atoms with Gasteiger partial charge in [-0.15, -0.1) is 0 Å². The Labute approximate surface area is 123 Å². The summed E-state index contributed by atoms with van der Waals surface area (Å²) in [5.74, 6) is -0.280. The molecule has 0 spiro atoms. The quantitative estimate of drug-likeness (QED) is 0.586. The average molecular weight is 295 g/mol. The zero-order valence-corrected chi connectivity index (χ0v) is 12.7. The molecule has 3 N–H and O–H groups in total. The number of nitrogens with zero attached hydrogens (tertiary/aromatic N) is 1. The standard InChI is InChI=1S/C14H21N3O4/c1-9-6-5-7-11(17(19)20)12(9)21-10(2)8-14(3,16-4)13(15)18/h5-7,10,16H,8H2,1-4H3,(H2,15,18). The third-order valence-corrected chi connectivity index (χ3v) is 3.50. The second-order valence-electron chi connectivity index (χ2n) is 5.26. The molecule has 1 rings (SSSR count). The monoisotopic (exact) mass is 295 g/mol. The fourth-order valence-corrected chi connectivity index (χ4v) is 2.08. The summed E-state index contributed by atoms with van der Waals surface area (Å²) in [5.41, 5.74) is 5.01. The van der Waals surface area contributed by atoms with E-state index in [4.69, 9.17) is 10.5 Å². The third-order valence-electron chi connectivity index (χ3n) is 3.50. The maximum Gasteiger partial charge on any atom is 0.311 e. The highest BCUT2D eigenvalue weighted by molar-refractivity contribution is 5.84. The summed E-state index contributed by atoms with van der Waals surface area (Å²) in [6, 6.07) is 4.73. The molecule has 0 bridgehead atoms. The van der Waals surface area contributed by atoms with E-state index in [1.165, 1.54) is 6.07 Å². The van der Waals surface area contributed by atoms with E-state index in [0.29, 0.717) is 12.0 Å². The van der Waals surface area contributed by atoms with Gasteiger partial charge >= 0.3 is 5.69 Å². The maximum atomic E-state index is 11.5. The Morgan fingerprint density at radius 1 is 1.57 bits per heavy atom. The summed E-state index contributed by atoms with van der Waals surface area (Å²) in [5, 5.41) is 13.9. The number of nitro benzene ring substituents is 1. The van der Waals surface area contributed by atoms with Crippen molar-refractivity contribution in [2.45, 2.75) is 38.8 Å². The van der Waals surface area contributed by atoms with Crippen molar-refractivity contribution in [3.63, 3.8) is 0 Å². The van der Waals surface area contributed by atoms with Gasteiger partial charge in [0.25, 0.3) is 0 Å². The molecule has 0 saturated carbocycles. The minimum atomic E-state index is -0.934. The molecule has 0 aliphatic heterocycles. The smallest absolute Gasteiger partial charge is 0.311 e. The minimum absolute atomic E-state index is 0.0907. The number of para-hydroxylation sites is 1. The van der Waals surface area contributed by atoms with Crippen LogP contribution < -0.4 is 15.8 Å². The van der Waals surface area contributed by atoms with Gasteiger partial charge in [0.1, 0.15) is 0 Å². The highest BCUT2D eigenvalue weighted by atomic mass is 16.6. The van der Waals surface area contributed by atoms with Crippen molar-refractivity contribution in [2.75, 3.05) is 7.05 Å². The number of ether oxygens (including phenoxy) is 1. The molecule has 0 aliphatic carbocycles. The number of benzene rings is 1. The Kier molecular flexibility index (Phi) is 5.26. The van der Waals surface area contributed by atoms with Crippen LogP contribution in [-0.4, -0.2) is 29.5 Å². The summed E-state index contributed by atoms with van der Waals surface area (Å²) >= 11 is 0. The topological polar surface area (TPSA) is 107 Å². The summed E-state index contributed by atoms with van der Waals surface area (Å²) in [7, 11) is 1.63. The Bertz CT molecular complexity index is 547. The van der Waals surface area contributed by atoms with E-state index in [2.05, 4.69) is 5.32 Å². The molecule has 21 heavy (non-hydrogen) atoms. The van der Waals surface area contributed by atoms with Crippen molar-refractivity contribution in [2.24, 2.45) is 5.73 Å². The summed E-state index contributed by atoms with van der Waals surface area (Å²) in [6.07, 6.45) is -0.126. The number of rotatable bonds is 7. The van der Waals surface area contributed by atoms with Gasteiger partial charge in [-0.25, -0.2) is 0 Å². The summed E-state index contributed by atoms with van der Waals surface area (Å²) < 4.78 is 5.70. The molecule has 0 saturated heterocycles. The van der Waals surface area contributed by atoms with Crippen LogP contribution in [0.15, 0.2) is 18.2 Å². The van der Waals surface area contributed by atoms with E-state index in [1.54, 1.807) is 40.0 Å². The molecule has 0 aromatic heterocycles. The van der Waals surface area contributed by atoms with Gasteiger partial charge in [0, 0.05) is 12.5 Å². The van der Waals surface area contributed by atoms with E-state index < -0.39 is 22.5 Å². The molecule has 0 radical (unpaired) electrons. The Balaban J connectivity index is 2.96. The fourth-order valence-electron chi connectivity index (χ4n) is 2.08. The average Bonchev–Trinajstić information content (AvgIpc) is 2.40. The van der Waals surface area contributed by atoms with Gasteiger partial charge in [-0.3, -0.25) is 14.9 Å². The van der Waals surface area contributed by atoms with Gasteiger partial charge in [0.05, 0.1) is 16.6 Å². The van der Waals surface area contributed by atoms with Crippen LogP contribution >= 0.6 is 0 Å². The molecule has 7 heteroatoms. The zero-order valence-electron chi connectivity index (χ0n) is 12.7. The SMILES string of the molecule is CNC(C)(CC(C)Oc1c(C)cccc1[N+](=O)[O-])C(N)=O. The molecule has 0 fully saturated rings. The summed E-state index contributed by atoms with van der Waals surface area (Å²) in [4.78, 5) is 22.0. The first-order valence-corrected chi connectivity index (χ1v) is 6.60. The number of carbonyl (C=O) groups excluding carboxylic acids is 1. The van der Waals surface area contributed by atoms with Crippen molar-refractivity contribution >= 4 is 11.6 Å². The number of carbonyl (C=O) groups is 1. The number of aryl methyl sites for hydroxylation is 1. The number of nitrogens with two attached hydrogens (primary N) is 1. The molecule has 1 aromatic carbocycles. The van der Waals surface area contributed by atoms with Crippen LogP contribution in [-0.2, 0) is 4.79 Å². The number of nitrogens with one attached hydrogen (secondary N) is 1. The molecule has 2 unspecified atom stereocenters. The van der Waals surface area contributed by atoms with Crippen LogP contribution in [0.2, 0.25) is 0 Å². The van der Waals surface area contributed by atoms with Crippen molar-refractivity contribution in [1.29, 1.82) is 0 Å². The van der Waals surface area contributed by atoms with Crippen molar-refractivity contribution < 1.29 is 14.5 Å². The highest BCUT2D eigenvalue weighted by Crippen LogP contribution is 2.32. The van der Waals surface area contributed by atoms with Crippen LogP contribution in [0.1, 0.15) is 25.8 Å². The fraction of sp³-hybridized carbons (Fsp3) is 0.500. The van der Waals surface area contributed by atoms with Gasteiger partial charge < -0.3 is 15.8 Å². The van der Waals surface area contributed by atoms with Crippen LogP contribution in [0, 0.1) is 17.0 Å². The Morgan fingerprint density at radius 2 is 2.19 bits per heavy atom. The third kappa shape index (κ3) is 3.91. The normalized spacial score (nSPS) is 15.0.